The van der Waals surface area contributed by atoms with E-state index in [-0.39, 0.29) is 5.69 Å². The Kier molecular flexibility index (Phi) is 7.33. The lowest BCUT2D eigenvalue weighted by Gasteiger charge is -2.31. The maximum Gasteiger partial charge on any atom is 0.267 e. The molecule has 9 heteroatoms. The summed E-state index contributed by atoms with van der Waals surface area (Å²) < 4.78 is 64.6. The first-order chi connectivity index (χ1) is 15.8. The number of sulfonamides is 1. The Labute approximate surface area is 193 Å². The fourth-order valence-corrected chi connectivity index (χ4v) is 5.25. The van der Waals surface area contributed by atoms with E-state index in [1.807, 2.05) is 0 Å². The van der Waals surface area contributed by atoms with E-state index < -0.39 is 26.8 Å². The first-order valence-electron chi connectivity index (χ1n) is 10.0. The van der Waals surface area contributed by atoms with Crippen molar-refractivity contribution in [2.75, 3.05) is 32.7 Å². The van der Waals surface area contributed by atoms with E-state index in [2.05, 4.69) is 0 Å². The van der Waals surface area contributed by atoms with Crippen LogP contribution in [-0.4, -0.2) is 36.9 Å². The third kappa shape index (κ3) is 4.68. The van der Waals surface area contributed by atoms with Gasteiger partial charge in [0.05, 0.1) is 40.2 Å². The number of anilines is 1. The average Bonchev–Trinajstić information content (AvgIpc) is 2.83. The van der Waals surface area contributed by atoms with Crippen LogP contribution in [0.25, 0.3) is 0 Å². The highest BCUT2D eigenvalue weighted by atomic mass is 32.2. The molecule has 0 radical (unpaired) electrons. The molecule has 0 aromatic heterocycles. The molecule has 0 aliphatic heterocycles. The predicted molar refractivity (Wildman–Crippen MR) is 124 cm³/mol. The van der Waals surface area contributed by atoms with Crippen molar-refractivity contribution < 1.29 is 31.8 Å². The number of halogens is 1. The van der Waals surface area contributed by atoms with Gasteiger partial charge in [-0.05, 0) is 48.9 Å². The summed E-state index contributed by atoms with van der Waals surface area (Å²) >= 11 is 0. The van der Waals surface area contributed by atoms with Gasteiger partial charge in [-0.25, -0.2) is 12.8 Å². The molecule has 33 heavy (non-hydrogen) atoms. The summed E-state index contributed by atoms with van der Waals surface area (Å²) in [6.45, 7) is 1.70. The monoisotopic (exact) mass is 475 g/mol. The van der Waals surface area contributed by atoms with Crippen LogP contribution in [0.4, 0.5) is 10.1 Å². The van der Waals surface area contributed by atoms with Gasteiger partial charge in [0.25, 0.3) is 10.0 Å². The highest BCUT2D eigenvalue weighted by molar-refractivity contribution is 7.92. The largest absolute Gasteiger partial charge is 0.493 e. The van der Waals surface area contributed by atoms with E-state index in [4.69, 9.17) is 18.9 Å². The normalized spacial score (nSPS) is 12.1. The molecule has 3 aromatic carbocycles. The Morgan fingerprint density at radius 2 is 1.30 bits per heavy atom. The average molecular weight is 476 g/mol. The number of nitrogens with zero attached hydrogens (tertiary/aromatic N) is 1. The Bertz CT molecular complexity index is 1230. The van der Waals surface area contributed by atoms with Gasteiger partial charge in [0, 0.05) is 6.07 Å². The van der Waals surface area contributed by atoms with Gasteiger partial charge in [-0.2, -0.15) is 0 Å². The summed E-state index contributed by atoms with van der Waals surface area (Å²) in [5.41, 5.74) is 0.889. The summed E-state index contributed by atoms with van der Waals surface area (Å²) in [6.07, 6.45) is 0. The molecule has 0 fully saturated rings. The number of rotatable bonds is 9. The lowest BCUT2D eigenvalue weighted by molar-refractivity contribution is 0.354. The molecule has 3 aromatic rings. The molecule has 0 bridgehead atoms. The van der Waals surface area contributed by atoms with Gasteiger partial charge in [0.15, 0.2) is 23.0 Å². The number of benzene rings is 3. The summed E-state index contributed by atoms with van der Waals surface area (Å²) in [5.74, 6) is 0.870. The first kappa shape index (κ1) is 24.2. The molecule has 0 aliphatic rings. The zero-order valence-corrected chi connectivity index (χ0v) is 19.9. The maximum absolute atomic E-state index is 14.6. The molecule has 176 valence electrons. The van der Waals surface area contributed by atoms with Gasteiger partial charge < -0.3 is 18.9 Å². The van der Waals surface area contributed by atoms with E-state index >= 15 is 0 Å². The van der Waals surface area contributed by atoms with Crippen molar-refractivity contribution in [3.8, 4) is 23.0 Å². The van der Waals surface area contributed by atoms with Crippen LogP contribution in [-0.2, 0) is 10.0 Å². The van der Waals surface area contributed by atoms with E-state index in [0.717, 1.165) is 10.4 Å². The molecular formula is C24H26FNO6S. The van der Waals surface area contributed by atoms with Crippen molar-refractivity contribution in [3.63, 3.8) is 0 Å². The SMILES string of the molecule is COc1ccc(C(C)N(c2ccc(OC)c(OC)c2)S(=O)(=O)c2ccccc2F)cc1OC. The van der Waals surface area contributed by atoms with Crippen molar-refractivity contribution in [3.05, 3.63) is 72.0 Å². The first-order valence-corrected chi connectivity index (χ1v) is 11.4. The smallest absolute Gasteiger partial charge is 0.267 e. The fraction of sp³-hybridized carbons (Fsp3) is 0.250. The summed E-state index contributed by atoms with van der Waals surface area (Å²) in [7, 11) is 1.62. The minimum Gasteiger partial charge on any atom is -0.493 e. The predicted octanol–water partition coefficient (Wildman–Crippen LogP) is 4.82. The standard InChI is InChI=1S/C24H26FNO6S/c1-16(17-10-12-20(29-2)22(14-17)31-4)26(18-11-13-21(30-3)23(15-18)32-5)33(27,28)24-9-7-6-8-19(24)25/h6-16H,1-5H3. The molecule has 0 spiro atoms. The third-order valence-electron chi connectivity index (χ3n) is 5.24. The lowest BCUT2D eigenvalue weighted by atomic mass is 10.1. The van der Waals surface area contributed by atoms with Gasteiger partial charge in [0.1, 0.15) is 10.7 Å². The summed E-state index contributed by atoms with van der Waals surface area (Å²) in [6, 6.07) is 14.3. The topological polar surface area (TPSA) is 74.3 Å². The second-order valence-electron chi connectivity index (χ2n) is 7.06. The van der Waals surface area contributed by atoms with Crippen LogP contribution < -0.4 is 23.3 Å². The second kappa shape index (κ2) is 9.99. The molecule has 7 nitrogen and oxygen atoms in total. The molecule has 1 unspecified atom stereocenters. The van der Waals surface area contributed by atoms with Gasteiger partial charge in [-0.1, -0.05) is 18.2 Å². The number of methoxy groups -OCH3 is 4. The third-order valence-corrected chi connectivity index (χ3v) is 7.17. The van der Waals surface area contributed by atoms with Crippen LogP contribution in [0.3, 0.4) is 0 Å². The highest BCUT2D eigenvalue weighted by Crippen LogP contribution is 2.40. The Morgan fingerprint density at radius 1 is 0.758 bits per heavy atom. The molecule has 0 heterocycles. The lowest BCUT2D eigenvalue weighted by Crippen LogP contribution is -2.34. The Morgan fingerprint density at radius 3 is 1.88 bits per heavy atom. The van der Waals surface area contributed by atoms with Crippen LogP contribution in [0.2, 0.25) is 0 Å². The van der Waals surface area contributed by atoms with E-state index in [9.17, 15) is 12.8 Å². The van der Waals surface area contributed by atoms with Crippen molar-refractivity contribution >= 4 is 15.7 Å². The van der Waals surface area contributed by atoms with E-state index in [0.29, 0.717) is 28.6 Å². The molecule has 1 atom stereocenters. The van der Waals surface area contributed by atoms with Crippen LogP contribution >= 0.6 is 0 Å². The van der Waals surface area contributed by atoms with Crippen LogP contribution in [0.5, 0.6) is 23.0 Å². The summed E-state index contributed by atoms with van der Waals surface area (Å²) in [5, 5.41) is 0. The van der Waals surface area contributed by atoms with Crippen molar-refractivity contribution in [1.29, 1.82) is 0 Å². The van der Waals surface area contributed by atoms with Crippen molar-refractivity contribution in [2.45, 2.75) is 17.9 Å². The number of hydrogen-bond donors (Lipinski definition) is 0. The van der Waals surface area contributed by atoms with Crippen molar-refractivity contribution in [1.82, 2.24) is 0 Å². The van der Waals surface area contributed by atoms with Crippen LogP contribution in [0.15, 0.2) is 65.6 Å². The number of hydrogen-bond acceptors (Lipinski definition) is 6. The van der Waals surface area contributed by atoms with Crippen molar-refractivity contribution in [2.24, 2.45) is 0 Å². The van der Waals surface area contributed by atoms with E-state index in [1.54, 1.807) is 37.3 Å². The highest BCUT2D eigenvalue weighted by Gasteiger charge is 2.33. The Balaban J connectivity index is 2.23. The number of ether oxygens (including phenoxy) is 4. The quantitative estimate of drug-likeness (QED) is 0.442. The second-order valence-corrected chi connectivity index (χ2v) is 8.84. The molecule has 3 rings (SSSR count). The molecule has 0 amide bonds. The molecule has 0 saturated heterocycles. The van der Waals surface area contributed by atoms with Gasteiger partial charge in [0.2, 0.25) is 0 Å². The fourth-order valence-electron chi connectivity index (χ4n) is 3.54. The van der Waals surface area contributed by atoms with Crippen LogP contribution in [0.1, 0.15) is 18.5 Å². The zero-order valence-electron chi connectivity index (χ0n) is 19.0. The maximum atomic E-state index is 14.6. The Hall–Kier alpha value is -3.46. The molecule has 0 saturated carbocycles. The zero-order chi connectivity index (χ0) is 24.2. The minimum absolute atomic E-state index is 0.276. The van der Waals surface area contributed by atoms with Gasteiger partial charge >= 0.3 is 0 Å². The minimum atomic E-state index is -4.32. The summed E-state index contributed by atoms with van der Waals surface area (Å²) in [4.78, 5) is -0.438. The van der Waals surface area contributed by atoms with Gasteiger partial charge in [-0.15, -0.1) is 0 Å². The van der Waals surface area contributed by atoms with Gasteiger partial charge in [-0.3, -0.25) is 4.31 Å². The molecular weight excluding hydrogens is 449 g/mol. The van der Waals surface area contributed by atoms with E-state index in [1.165, 1.54) is 52.7 Å². The molecule has 0 aliphatic carbocycles. The molecule has 0 N–H and O–H groups in total. The van der Waals surface area contributed by atoms with Crippen LogP contribution in [0, 0.1) is 5.82 Å².